The van der Waals surface area contributed by atoms with Crippen LogP contribution in [0.3, 0.4) is 0 Å². The molecule has 2 heterocycles. The van der Waals surface area contributed by atoms with E-state index in [-0.39, 0.29) is 0 Å². The van der Waals surface area contributed by atoms with Crippen molar-refractivity contribution in [2.24, 2.45) is 0 Å². The molecule has 1 aromatic carbocycles. The van der Waals surface area contributed by atoms with Crippen molar-refractivity contribution in [2.45, 2.75) is 0 Å². The summed E-state index contributed by atoms with van der Waals surface area (Å²) in [5.41, 5.74) is 2.58. The first-order chi connectivity index (χ1) is 13.0. The van der Waals surface area contributed by atoms with E-state index in [1.807, 2.05) is 50.5 Å². The lowest BCUT2D eigenvalue weighted by atomic mass is 10.2. The van der Waals surface area contributed by atoms with Crippen molar-refractivity contribution < 1.29 is 0 Å². The smallest absolute Gasteiger partial charge is 0.225 e. The van der Waals surface area contributed by atoms with Gasteiger partial charge in [0.25, 0.3) is 0 Å². The van der Waals surface area contributed by atoms with Gasteiger partial charge in [-0.25, -0.2) is 4.98 Å². The second-order valence-electron chi connectivity index (χ2n) is 6.18. The summed E-state index contributed by atoms with van der Waals surface area (Å²) in [4.78, 5) is 15.4. The van der Waals surface area contributed by atoms with Crippen molar-refractivity contribution in [3.63, 3.8) is 0 Å². The fourth-order valence-corrected chi connectivity index (χ4v) is 3.28. The van der Waals surface area contributed by atoms with Crippen LogP contribution in [0, 0.1) is 3.57 Å². The van der Waals surface area contributed by atoms with Gasteiger partial charge in [-0.3, -0.25) is 4.98 Å². The number of aromatic nitrogens is 3. The molecule has 6 nitrogen and oxygen atoms in total. The molecule has 0 saturated carbocycles. The predicted molar refractivity (Wildman–Crippen MR) is 120 cm³/mol. The molecule has 0 bridgehead atoms. The van der Waals surface area contributed by atoms with Crippen LogP contribution in [0.4, 0.5) is 17.5 Å². The molecule has 0 fully saturated rings. The fourth-order valence-electron chi connectivity index (χ4n) is 2.38. The number of likely N-dealkylation sites (N-methyl/N-ethyl adjacent to an activating group) is 1. The van der Waals surface area contributed by atoms with E-state index in [4.69, 9.17) is 11.6 Å². The zero-order valence-corrected chi connectivity index (χ0v) is 18.0. The quantitative estimate of drug-likeness (QED) is 0.471. The van der Waals surface area contributed by atoms with Gasteiger partial charge in [-0.1, -0.05) is 11.6 Å². The van der Waals surface area contributed by atoms with Gasteiger partial charge in [-0.05, 0) is 67.0 Å². The van der Waals surface area contributed by atoms with E-state index in [1.165, 1.54) is 0 Å². The second-order valence-corrected chi connectivity index (χ2v) is 7.83. The minimum absolute atomic E-state index is 0.565. The lowest BCUT2D eigenvalue weighted by molar-refractivity contribution is 0.425. The SMILES string of the molecule is CN(C)CCNc1nc(Nc2ccc(I)cc2Cl)cc(-c2ccncc2)n1. The Morgan fingerprint density at radius 1 is 1.07 bits per heavy atom. The maximum absolute atomic E-state index is 6.35. The summed E-state index contributed by atoms with van der Waals surface area (Å²) in [6, 6.07) is 11.6. The zero-order valence-electron chi connectivity index (χ0n) is 15.1. The monoisotopic (exact) mass is 494 g/mol. The van der Waals surface area contributed by atoms with Crippen LogP contribution >= 0.6 is 34.2 Å². The topological polar surface area (TPSA) is 66.0 Å². The lowest BCUT2D eigenvalue weighted by Gasteiger charge is -2.14. The van der Waals surface area contributed by atoms with E-state index >= 15 is 0 Å². The maximum atomic E-state index is 6.35. The third-order valence-electron chi connectivity index (χ3n) is 3.74. The summed E-state index contributed by atoms with van der Waals surface area (Å²) in [5.74, 6) is 1.24. The summed E-state index contributed by atoms with van der Waals surface area (Å²) in [6.07, 6.45) is 3.50. The van der Waals surface area contributed by atoms with E-state index in [9.17, 15) is 0 Å². The molecule has 0 spiro atoms. The van der Waals surface area contributed by atoms with Crippen molar-refractivity contribution in [1.82, 2.24) is 19.9 Å². The highest BCUT2D eigenvalue weighted by molar-refractivity contribution is 14.1. The molecule has 0 aliphatic heterocycles. The van der Waals surface area contributed by atoms with Gasteiger partial charge in [0.05, 0.1) is 16.4 Å². The number of halogens is 2. The number of nitrogens with zero attached hydrogens (tertiary/aromatic N) is 4. The molecule has 0 atom stereocenters. The van der Waals surface area contributed by atoms with Crippen LogP contribution in [0.2, 0.25) is 5.02 Å². The van der Waals surface area contributed by atoms with E-state index in [1.54, 1.807) is 12.4 Å². The number of benzene rings is 1. The van der Waals surface area contributed by atoms with Crippen LogP contribution in [0.25, 0.3) is 11.3 Å². The van der Waals surface area contributed by atoms with E-state index in [0.29, 0.717) is 16.8 Å². The normalized spacial score (nSPS) is 10.9. The van der Waals surface area contributed by atoms with E-state index in [0.717, 1.165) is 33.6 Å². The van der Waals surface area contributed by atoms with Crippen LogP contribution in [-0.4, -0.2) is 47.0 Å². The zero-order chi connectivity index (χ0) is 19.2. The van der Waals surface area contributed by atoms with Crippen molar-refractivity contribution in [3.8, 4) is 11.3 Å². The van der Waals surface area contributed by atoms with Gasteiger partial charge in [0.2, 0.25) is 5.95 Å². The third-order valence-corrected chi connectivity index (χ3v) is 4.72. The molecular formula is C19H20ClIN6. The summed E-state index contributed by atoms with van der Waals surface area (Å²) in [7, 11) is 4.06. The van der Waals surface area contributed by atoms with Gasteiger partial charge in [0.1, 0.15) is 5.82 Å². The standard InChI is InChI=1S/C19H20ClIN6/c1-27(2)10-9-23-19-25-17(13-5-7-22-8-6-13)12-18(26-19)24-16-4-3-14(21)11-15(16)20/h3-8,11-12H,9-10H2,1-2H3,(H2,23,24,25,26). The Morgan fingerprint density at radius 3 is 2.56 bits per heavy atom. The van der Waals surface area contributed by atoms with Crippen molar-refractivity contribution in [1.29, 1.82) is 0 Å². The summed E-state index contributed by atoms with van der Waals surface area (Å²) < 4.78 is 1.08. The molecule has 3 aromatic rings. The highest BCUT2D eigenvalue weighted by atomic mass is 127. The van der Waals surface area contributed by atoms with Crippen LogP contribution in [-0.2, 0) is 0 Å². The molecule has 8 heteroatoms. The van der Waals surface area contributed by atoms with Crippen molar-refractivity contribution in [3.05, 3.63) is 57.4 Å². The van der Waals surface area contributed by atoms with Crippen LogP contribution < -0.4 is 10.6 Å². The summed E-state index contributed by atoms with van der Waals surface area (Å²) in [6.45, 7) is 1.63. The van der Waals surface area contributed by atoms with Crippen LogP contribution in [0.1, 0.15) is 0 Å². The maximum Gasteiger partial charge on any atom is 0.225 e. The first kappa shape index (κ1) is 19.8. The average molecular weight is 495 g/mol. The minimum Gasteiger partial charge on any atom is -0.353 e. The van der Waals surface area contributed by atoms with Crippen LogP contribution in [0.5, 0.6) is 0 Å². The number of nitrogens with one attached hydrogen (secondary N) is 2. The molecule has 2 N–H and O–H groups in total. The first-order valence-corrected chi connectivity index (χ1v) is 9.87. The molecule has 27 heavy (non-hydrogen) atoms. The Labute approximate surface area is 177 Å². The van der Waals surface area contributed by atoms with E-state index in [2.05, 4.69) is 53.1 Å². The molecular weight excluding hydrogens is 475 g/mol. The van der Waals surface area contributed by atoms with Gasteiger partial charge < -0.3 is 15.5 Å². The fraction of sp³-hybridized carbons (Fsp3) is 0.211. The number of anilines is 3. The first-order valence-electron chi connectivity index (χ1n) is 8.41. The van der Waals surface area contributed by atoms with Gasteiger partial charge in [-0.15, -0.1) is 0 Å². The Kier molecular flexibility index (Phi) is 6.81. The summed E-state index contributed by atoms with van der Waals surface area (Å²) >= 11 is 8.59. The number of hydrogen-bond acceptors (Lipinski definition) is 6. The third kappa shape index (κ3) is 5.75. The number of hydrogen-bond donors (Lipinski definition) is 2. The Bertz CT molecular complexity index is 904. The van der Waals surface area contributed by atoms with E-state index < -0.39 is 0 Å². The Morgan fingerprint density at radius 2 is 1.85 bits per heavy atom. The number of pyridine rings is 1. The Balaban J connectivity index is 1.91. The van der Waals surface area contributed by atoms with Crippen molar-refractivity contribution >= 4 is 51.6 Å². The largest absolute Gasteiger partial charge is 0.353 e. The van der Waals surface area contributed by atoms with Gasteiger partial charge in [0.15, 0.2) is 0 Å². The molecule has 0 unspecified atom stereocenters. The minimum atomic E-state index is 0.565. The molecule has 3 rings (SSSR count). The van der Waals surface area contributed by atoms with Crippen molar-refractivity contribution in [2.75, 3.05) is 37.8 Å². The van der Waals surface area contributed by atoms with Gasteiger partial charge in [-0.2, -0.15) is 4.98 Å². The Hall–Kier alpha value is -1.97. The molecule has 0 saturated heterocycles. The molecule has 2 aromatic heterocycles. The highest BCUT2D eigenvalue weighted by Gasteiger charge is 2.09. The molecule has 140 valence electrons. The van der Waals surface area contributed by atoms with Gasteiger partial charge >= 0.3 is 0 Å². The number of rotatable bonds is 7. The molecule has 0 aliphatic rings. The highest BCUT2D eigenvalue weighted by Crippen LogP contribution is 2.28. The second kappa shape index (κ2) is 9.29. The summed E-state index contributed by atoms with van der Waals surface area (Å²) in [5, 5.41) is 7.23. The lowest BCUT2D eigenvalue weighted by Crippen LogP contribution is -2.21. The van der Waals surface area contributed by atoms with Gasteiger partial charge in [0, 0.05) is 40.7 Å². The molecule has 0 aliphatic carbocycles. The predicted octanol–water partition coefficient (Wildman–Crippen LogP) is 4.51. The van der Waals surface area contributed by atoms with Crippen LogP contribution in [0.15, 0.2) is 48.8 Å². The molecule has 0 amide bonds. The average Bonchev–Trinajstić information content (AvgIpc) is 2.64. The molecule has 0 radical (unpaired) electrons.